The van der Waals surface area contributed by atoms with Crippen LogP contribution in [0, 0.1) is 0 Å². The number of rotatable bonds is 1. The molecule has 0 radical (unpaired) electrons. The van der Waals surface area contributed by atoms with Gasteiger partial charge in [-0.2, -0.15) is 0 Å². The predicted octanol–water partition coefficient (Wildman–Crippen LogP) is 0.658. The SMILES string of the molecule is Cn1cnc(C2CCC2O)c1. The van der Waals surface area contributed by atoms with Crippen molar-refractivity contribution in [2.24, 2.45) is 7.05 Å². The largest absolute Gasteiger partial charge is 0.392 e. The molecular weight excluding hydrogens is 140 g/mol. The van der Waals surface area contributed by atoms with Crippen molar-refractivity contribution in [1.82, 2.24) is 9.55 Å². The molecule has 0 spiro atoms. The topological polar surface area (TPSA) is 38.0 Å². The van der Waals surface area contributed by atoms with E-state index in [1.54, 1.807) is 6.33 Å². The smallest absolute Gasteiger partial charge is 0.0946 e. The predicted molar refractivity (Wildman–Crippen MR) is 41.2 cm³/mol. The zero-order valence-electron chi connectivity index (χ0n) is 6.57. The van der Waals surface area contributed by atoms with E-state index in [0.717, 1.165) is 18.5 Å². The van der Waals surface area contributed by atoms with Crippen LogP contribution in [0.25, 0.3) is 0 Å². The minimum absolute atomic E-state index is 0.148. The molecule has 2 atom stereocenters. The van der Waals surface area contributed by atoms with Crippen molar-refractivity contribution < 1.29 is 5.11 Å². The van der Waals surface area contributed by atoms with Crippen LogP contribution in [0.2, 0.25) is 0 Å². The lowest BCUT2D eigenvalue weighted by Crippen LogP contribution is -2.29. The second-order valence-electron chi connectivity index (χ2n) is 3.22. The van der Waals surface area contributed by atoms with Crippen LogP contribution in [0.5, 0.6) is 0 Å². The van der Waals surface area contributed by atoms with Crippen molar-refractivity contribution in [3.63, 3.8) is 0 Å². The number of aliphatic hydroxyl groups excluding tert-OH is 1. The van der Waals surface area contributed by atoms with Crippen LogP contribution in [0.4, 0.5) is 0 Å². The van der Waals surface area contributed by atoms with E-state index in [1.807, 2.05) is 17.8 Å². The van der Waals surface area contributed by atoms with Crippen molar-refractivity contribution in [3.05, 3.63) is 18.2 Å². The van der Waals surface area contributed by atoms with Gasteiger partial charge in [0.15, 0.2) is 0 Å². The van der Waals surface area contributed by atoms with E-state index in [2.05, 4.69) is 4.98 Å². The molecule has 0 saturated heterocycles. The number of hydrogen-bond acceptors (Lipinski definition) is 2. The first-order valence-electron chi connectivity index (χ1n) is 3.93. The van der Waals surface area contributed by atoms with Gasteiger partial charge in [-0.25, -0.2) is 4.98 Å². The Bertz CT molecular complexity index is 256. The van der Waals surface area contributed by atoms with E-state index in [-0.39, 0.29) is 6.10 Å². The first kappa shape index (κ1) is 6.85. The molecule has 0 bridgehead atoms. The lowest BCUT2D eigenvalue weighted by molar-refractivity contribution is 0.0644. The van der Waals surface area contributed by atoms with Crippen LogP contribution in [-0.2, 0) is 7.05 Å². The summed E-state index contributed by atoms with van der Waals surface area (Å²) in [6.07, 6.45) is 5.62. The molecule has 11 heavy (non-hydrogen) atoms. The summed E-state index contributed by atoms with van der Waals surface area (Å²) in [4.78, 5) is 4.19. The Morgan fingerprint density at radius 1 is 1.64 bits per heavy atom. The maximum atomic E-state index is 9.32. The summed E-state index contributed by atoms with van der Waals surface area (Å²) >= 11 is 0. The van der Waals surface area contributed by atoms with E-state index < -0.39 is 0 Å². The van der Waals surface area contributed by atoms with Crippen molar-refractivity contribution in [1.29, 1.82) is 0 Å². The molecule has 60 valence electrons. The number of hydrogen-bond donors (Lipinski definition) is 1. The summed E-state index contributed by atoms with van der Waals surface area (Å²) in [5, 5.41) is 9.32. The lowest BCUT2D eigenvalue weighted by Gasteiger charge is -2.30. The van der Waals surface area contributed by atoms with Gasteiger partial charge in [-0.15, -0.1) is 0 Å². The van der Waals surface area contributed by atoms with E-state index >= 15 is 0 Å². The lowest BCUT2D eigenvalue weighted by atomic mass is 9.80. The van der Waals surface area contributed by atoms with Crippen LogP contribution in [0.1, 0.15) is 24.5 Å². The van der Waals surface area contributed by atoms with Crippen molar-refractivity contribution in [2.45, 2.75) is 24.9 Å². The Labute approximate surface area is 65.7 Å². The van der Waals surface area contributed by atoms with Gasteiger partial charge in [0.1, 0.15) is 0 Å². The summed E-state index contributed by atoms with van der Waals surface area (Å²) in [7, 11) is 1.95. The van der Waals surface area contributed by atoms with Gasteiger partial charge in [-0.3, -0.25) is 0 Å². The molecule has 1 fully saturated rings. The molecule has 3 nitrogen and oxygen atoms in total. The Balaban J connectivity index is 2.16. The zero-order valence-corrected chi connectivity index (χ0v) is 6.57. The third kappa shape index (κ3) is 1.05. The Kier molecular flexibility index (Phi) is 1.46. The molecule has 3 heteroatoms. The number of aryl methyl sites for hydroxylation is 1. The van der Waals surface area contributed by atoms with Crippen LogP contribution < -0.4 is 0 Å². The highest BCUT2D eigenvalue weighted by atomic mass is 16.3. The van der Waals surface area contributed by atoms with Gasteiger partial charge < -0.3 is 9.67 Å². The second kappa shape index (κ2) is 2.34. The standard InChI is InChI=1S/C8H12N2O/c1-10-4-7(9-5-10)6-2-3-8(6)11/h4-6,8,11H,2-3H2,1H3. The average Bonchev–Trinajstić information content (AvgIpc) is 2.33. The highest BCUT2D eigenvalue weighted by Gasteiger charge is 2.31. The Hall–Kier alpha value is -0.830. The number of nitrogens with zero attached hydrogens (tertiary/aromatic N) is 2. The second-order valence-corrected chi connectivity index (χ2v) is 3.22. The van der Waals surface area contributed by atoms with E-state index in [1.165, 1.54) is 0 Å². The highest BCUT2D eigenvalue weighted by molar-refractivity contribution is 5.11. The summed E-state index contributed by atoms with van der Waals surface area (Å²) in [6.45, 7) is 0. The Morgan fingerprint density at radius 3 is 2.82 bits per heavy atom. The molecule has 0 aliphatic heterocycles. The first-order valence-corrected chi connectivity index (χ1v) is 3.93. The molecule has 2 unspecified atom stereocenters. The van der Waals surface area contributed by atoms with Crippen molar-refractivity contribution >= 4 is 0 Å². The molecule has 0 aromatic carbocycles. The van der Waals surface area contributed by atoms with Gasteiger partial charge in [-0.1, -0.05) is 0 Å². The first-order chi connectivity index (χ1) is 5.27. The maximum Gasteiger partial charge on any atom is 0.0946 e. The maximum absolute atomic E-state index is 9.32. The monoisotopic (exact) mass is 152 g/mol. The summed E-state index contributed by atoms with van der Waals surface area (Å²) in [5.41, 5.74) is 1.03. The molecule has 1 saturated carbocycles. The molecule has 1 N–H and O–H groups in total. The number of aromatic nitrogens is 2. The van der Waals surface area contributed by atoms with Crippen LogP contribution in [0.3, 0.4) is 0 Å². The van der Waals surface area contributed by atoms with Gasteiger partial charge in [-0.05, 0) is 12.8 Å². The summed E-state index contributed by atoms with van der Waals surface area (Å²) in [5.74, 6) is 0.302. The molecular formula is C8H12N2O. The number of imidazole rings is 1. The summed E-state index contributed by atoms with van der Waals surface area (Å²) < 4.78 is 1.92. The molecule has 1 aromatic rings. The molecule has 1 aromatic heterocycles. The van der Waals surface area contributed by atoms with E-state index in [0.29, 0.717) is 5.92 Å². The molecule has 2 rings (SSSR count). The third-order valence-corrected chi connectivity index (χ3v) is 2.34. The van der Waals surface area contributed by atoms with Gasteiger partial charge in [0.2, 0.25) is 0 Å². The summed E-state index contributed by atoms with van der Waals surface area (Å²) in [6, 6.07) is 0. The van der Waals surface area contributed by atoms with Gasteiger partial charge in [0.05, 0.1) is 18.1 Å². The highest BCUT2D eigenvalue weighted by Crippen LogP contribution is 2.35. The van der Waals surface area contributed by atoms with Crippen molar-refractivity contribution in [3.8, 4) is 0 Å². The quantitative estimate of drug-likeness (QED) is 0.642. The molecule has 0 amide bonds. The Morgan fingerprint density at radius 2 is 2.45 bits per heavy atom. The van der Waals surface area contributed by atoms with Gasteiger partial charge in [0.25, 0.3) is 0 Å². The van der Waals surface area contributed by atoms with E-state index in [4.69, 9.17) is 0 Å². The zero-order chi connectivity index (χ0) is 7.84. The van der Waals surface area contributed by atoms with Crippen molar-refractivity contribution in [2.75, 3.05) is 0 Å². The average molecular weight is 152 g/mol. The fourth-order valence-electron chi connectivity index (χ4n) is 1.45. The van der Waals surface area contributed by atoms with Gasteiger partial charge >= 0.3 is 0 Å². The molecule has 1 aliphatic carbocycles. The fourth-order valence-corrected chi connectivity index (χ4v) is 1.45. The minimum Gasteiger partial charge on any atom is -0.392 e. The normalized spacial score (nSPS) is 30.0. The fraction of sp³-hybridized carbons (Fsp3) is 0.625. The van der Waals surface area contributed by atoms with Crippen LogP contribution in [0.15, 0.2) is 12.5 Å². The van der Waals surface area contributed by atoms with E-state index in [9.17, 15) is 5.11 Å². The van der Waals surface area contributed by atoms with Crippen LogP contribution >= 0.6 is 0 Å². The third-order valence-electron chi connectivity index (χ3n) is 2.34. The van der Waals surface area contributed by atoms with Crippen LogP contribution in [-0.4, -0.2) is 20.8 Å². The minimum atomic E-state index is -0.148. The molecule has 1 aliphatic rings. The number of aliphatic hydroxyl groups is 1. The van der Waals surface area contributed by atoms with Gasteiger partial charge in [0, 0.05) is 19.2 Å². The molecule has 1 heterocycles.